The van der Waals surface area contributed by atoms with Crippen LogP contribution in [0.15, 0.2) is 23.1 Å². The molecule has 0 aromatic carbocycles. The molecule has 0 unspecified atom stereocenters. The van der Waals surface area contributed by atoms with Gasteiger partial charge >= 0.3 is 0 Å². The quantitative estimate of drug-likeness (QED) is 0.898. The molecule has 5 rings (SSSR count). The molecule has 25 heavy (non-hydrogen) atoms. The number of fused-ring (bicyclic) bond motifs is 3. The molecule has 3 fully saturated rings. The summed E-state index contributed by atoms with van der Waals surface area (Å²) in [5.41, 5.74) is 0.882. The molecule has 2 aromatic rings. The largest absolute Gasteiger partial charge is 0.351 e. The summed E-state index contributed by atoms with van der Waals surface area (Å²) in [6.07, 6.45) is 9.00. The second-order valence-electron chi connectivity index (χ2n) is 7.92. The van der Waals surface area contributed by atoms with Gasteiger partial charge in [-0.3, -0.25) is 9.36 Å². The molecular formula is C19H25N5O. The molecule has 2 N–H and O–H groups in total. The fourth-order valence-corrected chi connectivity index (χ4v) is 5.10. The number of hydrogen-bond acceptors (Lipinski definition) is 5. The van der Waals surface area contributed by atoms with Crippen molar-refractivity contribution in [2.24, 2.45) is 11.8 Å². The third-order valence-electron chi connectivity index (χ3n) is 6.37. The van der Waals surface area contributed by atoms with Crippen LogP contribution in [0.4, 0.5) is 5.95 Å². The number of rotatable bonds is 3. The highest BCUT2D eigenvalue weighted by Crippen LogP contribution is 2.50. The zero-order chi connectivity index (χ0) is 16.8. The molecule has 3 heterocycles. The van der Waals surface area contributed by atoms with Gasteiger partial charge in [0.25, 0.3) is 5.56 Å². The second-order valence-corrected chi connectivity index (χ2v) is 7.92. The van der Waals surface area contributed by atoms with Crippen molar-refractivity contribution in [3.8, 4) is 0 Å². The van der Waals surface area contributed by atoms with Crippen LogP contribution in [0.5, 0.6) is 0 Å². The summed E-state index contributed by atoms with van der Waals surface area (Å²) < 4.78 is 1.97. The van der Waals surface area contributed by atoms with E-state index in [0.29, 0.717) is 23.9 Å². The van der Waals surface area contributed by atoms with Gasteiger partial charge in [0, 0.05) is 29.7 Å². The standard InChI is InChI=1S/C19H25N5O/c25-17-4-3-14-11-21-19(22-15-5-7-20-8-6-15)23-18(14)24(17)16-10-12-1-2-13(16)9-12/h3-4,11-13,15-16,20H,1-2,5-10H2,(H,21,22,23)/t12-,13+,16+/m1/s1. The molecule has 2 aliphatic carbocycles. The Morgan fingerprint density at radius 3 is 2.76 bits per heavy atom. The van der Waals surface area contributed by atoms with Crippen LogP contribution in [0.3, 0.4) is 0 Å². The molecule has 6 heteroatoms. The highest BCUT2D eigenvalue weighted by atomic mass is 16.1. The summed E-state index contributed by atoms with van der Waals surface area (Å²) in [6.45, 7) is 2.06. The predicted octanol–water partition coefficient (Wildman–Crippen LogP) is 2.32. The molecule has 3 aliphatic rings. The van der Waals surface area contributed by atoms with Crippen molar-refractivity contribution >= 4 is 17.0 Å². The summed E-state index contributed by atoms with van der Waals surface area (Å²) >= 11 is 0. The maximum Gasteiger partial charge on any atom is 0.252 e. The highest BCUT2D eigenvalue weighted by molar-refractivity contribution is 5.75. The number of nitrogens with zero attached hydrogens (tertiary/aromatic N) is 3. The number of pyridine rings is 1. The SMILES string of the molecule is O=c1ccc2cnc(NC3CCNCC3)nc2n1[C@H]1C[C@@H]2CC[C@H]1C2. The van der Waals surface area contributed by atoms with E-state index < -0.39 is 0 Å². The maximum absolute atomic E-state index is 12.7. The van der Waals surface area contributed by atoms with Crippen LogP contribution in [0.1, 0.15) is 44.6 Å². The number of aromatic nitrogens is 3. The first-order valence-corrected chi connectivity index (χ1v) is 9.63. The van der Waals surface area contributed by atoms with Crippen LogP contribution in [0.2, 0.25) is 0 Å². The van der Waals surface area contributed by atoms with E-state index in [9.17, 15) is 4.79 Å². The topological polar surface area (TPSA) is 71.8 Å². The Balaban J connectivity index is 1.53. The third-order valence-corrected chi connectivity index (χ3v) is 6.37. The molecule has 0 radical (unpaired) electrons. The summed E-state index contributed by atoms with van der Waals surface area (Å²) in [4.78, 5) is 21.9. The van der Waals surface area contributed by atoms with Crippen LogP contribution in [0, 0.1) is 11.8 Å². The average molecular weight is 339 g/mol. The van der Waals surface area contributed by atoms with Crippen molar-refractivity contribution < 1.29 is 0 Å². The zero-order valence-corrected chi connectivity index (χ0v) is 14.4. The van der Waals surface area contributed by atoms with Gasteiger partial charge in [0.1, 0.15) is 5.65 Å². The Hall–Kier alpha value is -1.95. The van der Waals surface area contributed by atoms with Gasteiger partial charge in [-0.1, -0.05) is 6.42 Å². The minimum atomic E-state index is 0.0802. The Bertz CT molecular complexity index is 841. The fourth-order valence-electron chi connectivity index (χ4n) is 5.10. The Morgan fingerprint density at radius 2 is 2.00 bits per heavy atom. The zero-order valence-electron chi connectivity index (χ0n) is 14.4. The number of nitrogens with one attached hydrogen (secondary N) is 2. The Kier molecular flexibility index (Phi) is 3.73. The van der Waals surface area contributed by atoms with Gasteiger partial charge in [-0.2, -0.15) is 4.98 Å². The number of hydrogen-bond donors (Lipinski definition) is 2. The van der Waals surface area contributed by atoms with Crippen molar-refractivity contribution in [1.82, 2.24) is 19.9 Å². The van der Waals surface area contributed by atoms with Crippen LogP contribution >= 0.6 is 0 Å². The van der Waals surface area contributed by atoms with Crippen molar-refractivity contribution in [3.63, 3.8) is 0 Å². The van der Waals surface area contributed by atoms with E-state index in [1.165, 1.54) is 19.3 Å². The van der Waals surface area contributed by atoms with Gasteiger partial charge in [0.15, 0.2) is 0 Å². The molecule has 0 spiro atoms. The lowest BCUT2D eigenvalue weighted by molar-refractivity contribution is 0.329. The summed E-state index contributed by atoms with van der Waals surface area (Å²) in [6, 6.07) is 4.26. The van der Waals surface area contributed by atoms with Crippen molar-refractivity contribution in [2.45, 2.75) is 50.6 Å². The molecule has 1 aliphatic heterocycles. The van der Waals surface area contributed by atoms with Gasteiger partial charge in [-0.15, -0.1) is 0 Å². The normalized spacial score (nSPS) is 29.4. The molecule has 3 atom stereocenters. The van der Waals surface area contributed by atoms with E-state index in [4.69, 9.17) is 4.98 Å². The summed E-state index contributed by atoms with van der Waals surface area (Å²) in [5.74, 6) is 2.09. The first-order valence-electron chi connectivity index (χ1n) is 9.63. The predicted molar refractivity (Wildman–Crippen MR) is 97.8 cm³/mol. The van der Waals surface area contributed by atoms with E-state index in [1.54, 1.807) is 6.07 Å². The van der Waals surface area contributed by atoms with Crippen LogP contribution < -0.4 is 16.2 Å². The highest BCUT2D eigenvalue weighted by Gasteiger charge is 2.41. The van der Waals surface area contributed by atoms with Crippen molar-refractivity contribution in [1.29, 1.82) is 0 Å². The Labute approximate surface area is 147 Å². The first-order chi connectivity index (χ1) is 12.3. The van der Waals surface area contributed by atoms with E-state index in [-0.39, 0.29) is 5.56 Å². The van der Waals surface area contributed by atoms with Crippen molar-refractivity contribution in [3.05, 3.63) is 28.7 Å². The molecule has 2 aromatic heterocycles. The smallest absolute Gasteiger partial charge is 0.252 e. The molecule has 2 bridgehead atoms. The van der Waals surface area contributed by atoms with Crippen LogP contribution in [0.25, 0.3) is 11.0 Å². The van der Waals surface area contributed by atoms with E-state index >= 15 is 0 Å². The van der Waals surface area contributed by atoms with Crippen LogP contribution in [-0.2, 0) is 0 Å². The lowest BCUT2D eigenvalue weighted by atomic mass is 9.95. The lowest BCUT2D eigenvalue weighted by Gasteiger charge is -2.26. The molecule has 6 nitrogen and oxygen atoms in total. The molecule has 1 saturated heterocycles. The maximum atomic E-state index is 12.7. The van der Waals surface area contributed by atoms with E-state index in [0.717, 1.165) is 49.3 Å². The van der Waals surface area contributed by atoms with E-state index in [2.05, 4.69) is 15.6 Å². The minimum Gasteiger partial charge on any atom is -0.351 e. The second kappa shape index (κ2) is 6.09. The molecule has 2 saturated carbocycles. The van der Waals surface area contributed by atoms with E-state index in [1.807, 2.05) is 16.8 Å². The van der Waals surface area contributed by atoms with Crippen molar-refractivity contribution in [2.75, 3.05) is 18.4 Å². The van der Waals surface area contributed by atoms with Crippen LogP contribution in [-0.4, -0.2) is 33.7 Å². The minimum absolute atomic E-state index is 0.0802. The molecular weight excluding hydrogens is 314 g/mol. The monoisotopic (exact) mass is 339 g/mol. The van der Waals surface area contributed by atoms with Gasteiger partial charge in [0.05, 0.1) is 0 Å². The number of piperidine rings is 1. The summed E-state index contributed by atoms with van der Waals surface area (Å²) in [7, 11) is 0. The average Bonchev–Trinajstić information content (AvgIpc) is 3.26. The fraction of sp³-hybridized carbons (Fsp3) is 0.632. The molecule has 0 amide bonds. The third kappa shape index (κ3) is 2.72. The van der Waals surface area contributed by atoms with Gasteiger partial charge < -0.3 is 10.6 Å². The number of anilines is 1. The Morgan fingerprint density at radius 1 is 1.12 bits per heavy atom. The lowest BCUT2D eigenvalue weighted by Crippen LogP contribution is -2.35. The van der Waals surface area contributed by atoms with Gasteiger partial charge in [-0.25, -0.2) is 4.98 Å². The van der Waals surface area contributed by atoms with Gasteiger partial charge in [0.2, 0.25) is 5.95 Å². The van der Waals surface area contributed by atoms with Gasteiger partial charge in [-0.05, 0) is 63.1 Å². The summed E-state index contributed by atoms with van der Waals surface area (Å²) in [5, 5.41) is 7.80. The molecule has 132 valence electrons. The first kappa shape index (κ1) is 15.3.